The maximum Gasteiger partial charge on any atom is 0.251 e. The van der Waals surface area contributed by atoms with Crippen LogP contribution in [0.1, 0.15) is 40.3 Å². The van der Waals surface area contributed by atoms with Crippen LogP contribution in [-0.4, -0.2) is 20.7 Å². The number of nitrogens with one attached hydrogen (secondary N) is 1. The second kappa shape index (κ2) is 6.57. The van der Waals surface area contributed by atoms with Gasteiger partial charge in [-0.2, -0.15) is 5.10 Å². The van der Waals surface area contributed by atoms with Crippen LogP contribution in [0.2, 0.25) is 0 Å². The minimum atomic E-state index is -0.100. The Kier molecular flexibility index (Phi) is 4.49. The molecule has 0 aliphatic heterocycles. The molecule has 0 unspecified atom stereocenters. The van der Waals surface area contributed by atoms with E-state index in [2.05, 4.69) is 15.4 Å². The van der Waals surface area contributed by atoms with E-state index in [-0.39, 0.29) is 11.9 Å². The molecule has 3 rings (SSSR count). The molecule has 5 nitrogen and oxygen atoms in total. The number of hydrogen-bond acceptors (Lipinski definition) is 4. The summed E-state index contributed by atoms with van der Waals surface area (Å²) in [4.78, 5) is 17.1. The zero-order chi connectivity index (χ0) is 17.3. The SMILES string of the molecule is Cc1csc(-c2cccc(C(=O)N[C@H](C)c3cn(C)nc3C)c2)n1. The molecule has 0 radical (unpaired) electrons. The molecule has 6 heteroatoms. The van der Waals surface area contributed by atoms with Gasteiger partial charge in [0.25, 0.3) is 5.91 Å². The first-order chi connectivity index (χ1) is 11.4. The molecule has 3 aromatic rings. The van der Waals surface area contributed by atoms with E-state index in [4.69, 9.17) is 0 Å². The molecule has 0 aliphatic carbocycles. The van der Waals surface area contributed by atoms with Crippen molar-refractivity contribution in [1.29, 1.82) is 0 Å². The summed E-state index contributed by atoms with van der Waals surface area (Å²) in [5.74, 6) is -0.0964. The van der Waals surface area contributed by atoms with E-state index in [0.717, 1.165) is 27.5 Å². The smallest absolute Gasteiger partial charge is 0.251 e. The van der Waals surface area contributed by atoms with E-state index in [1.54, 1.807) is 16.0 Å². The van der Waals surface area contributed by atoms with Crippen LogP contribution in [0.15, 0.2) is 35.8 Å². The fourth-order valence-electron chi connectivity index (χ4n) is 2.68. The van der Waals surface area contributed by atoms with Crippen molar-refractivity contribution in [2.45, 2.75) is 26.8 Å². The summed E-state index contributed by atoms with van der Waals surface area (Å²) in [5, 5.41) is 10.3. The third-order valence-electron chi connectivity index (χ3n) is 3.86. The van der Waals surface area contributed by atoms with Crippen LogP contribution in [0.25, 0.3) is 10.6 Å². The van der Waals surface area contributed by atoms with Gasteiger partial charge in [-0.05, 0) is 32.9 Å². The van der Waals surface area contributed by atoms with Crippen molar-refractivity contribution in [2.75, 3.05) is 0 Å². The predicted octanol–water partition coefficient (Wildman–Crippen LogP) is 3.65. The lowest BCUT2D eigenvalue weighted by Crippen LogP contribution is -2.26. The van der Waals surface area contributed by atoms with Crippen LogP contribution in [0.4, 0.5) is 0 Å². The lowest BCUT2D eigenvalue weighted by atomic mass is 10.1. The number of carbonyl (C=O) groups excluding carboxylic acids is 1. The molecule has 0 saturated heterocycles. The van der Waals surface area contributed by atoms with Crippen molar-refractivity contribution in [1.82, 2.24) is 20.1 Å². The Hall–Kier alpha value is -2.47. The second-order valence-corrected chi connectivity index (χ2v) is 6.77. The standard InChI is InChI=1S/C18H20N4OS/c1-11-10-24-18(19-11)15-7-5-6-14(8-15)17(23)20-12(2)16-9-22(4)21-13(16)3/h5-10,12H,1-4H3,(H,20,23)/t12-/m1/s1. The van der Waals surface area contributed by atoms with Crippen molar-refractivity contribution < 1.29 is 4.79 Å². The van der Waals surface area contributed by atoms with Gasteiger partial charge in [0.15, 0.2) is 0 Å². The van der Waals surface area contributed by atoms with Crippen LogP contribution < -0.4 is 5.32 Å². The Balaban J connectivity index is 1.79. The Bertz CT molecular complexity index is 881. The molecule has 0 spiro atoms. The molecular weight excluding hydrogens is 320 g/mol. The largest absolute Gasteiger partial charge is 0.345 e. The molecular formula is C18H20N4OS. The molecule has 1 N–H and O–H groups in total. The second-order valence-electron chi connectivity index (χ2n) is 5.91. The van der Waals surface area contributed by atoms with Crippen molar-refractivity contribution >= 4 is 17.2 Å². The predicted molar refractivity (Wildman–Crippen MR) is 96.1 cm³/mol. The summed E-state index contributed by atoms with van der Waals surface area (Å²) >= 11 is 1.58. The Morgan fingerprint density at radius 2 is 2.12 bits per heavy atom. The lowest BCUT2D eigenvalue weighted by Gasteiger charge is -2.13. The molecule has 0 aliphatic rings. The molecule has 2 aromatic heterocycles. The fourth-order valence-corrected chi connectivity index (χ4v) is 3.48. The summed E-state index contributed by atoms with van der Waals surface area (Å²) in [7, 11) is 1.88. The van der Waals surface area contributed by atoms with Crippen molar-refractivity contribution in [3.05, 3.63) is 58.4 Å². The van der Waals surface area contributed by atoms with Gasteiger partial charge in [0, 0.05) is 41.0 Å². The molecule has 1 atom stereocenters. The van der Waals surface area contributed by atoms with Crippen LogP contribution >= 0.6 is 11.3 Å². The number of aromatic nitrogens is 3. The van der Waals surface area contributed by atoms with E-state index in [1.807, 2.05) is 63.7 Å². The molecule has 0 saturated carbocycles. The topological polar surface area (TPSA) is 59.8 Å². The highest BCUT2D eigenvalue weighted by atomic mass is 32.1. The number of benzene rings is 1. The van der Waals surface area contributed by atoms with Gasteiger partial charge >= 0.3 is 0 Å². The first kappa shape index (κ1) is 16.4. The summed E-state index contributed by atoms with van der Waals surface area (Å²) < 4.78 is 1.76. The molecule has 2 heterocycles. The number of rotatable bonds is 4. The Morgan fingerprint density at radius 3 is 2.75 bits per heavy atom. The highest BCUT2D eigenvalue weighted by molar-refractivity contribution is 7.13. The van der Waals surface area contributed by atoms with Crippen molar-refractivity contribution in [3.8, 4) is 10.6 Å². The maximum atomic E-state index is 12.6. The zero-order valence-corrected chi connectivity index (χ0v) is 15.0. The van der Waals surface area contributed by atoms with Crippen LogP contribution in [0, 0.1) is 13.8 Å². The normalized spacial score (nSPS) is 12.2. The van der Waals surface area contributed by atoms with E-state index >= 15 is 0 Å². The van der Waals surface area contributed by atoms with Crippen molar-refractivity contribution in [2.24, 2.45) is 7.05 Å². The number of nitrogens with zero attached hydrogens (tertiary/aromatic N) is 3. The summed E-state index contributed by atoms with van der Waals surface area (Å²) in [6.45, 7) is 5.88. The number of carbonyl (C=O) groups is 1. The van der Waals surface area contributed by atoms with Crippen LogP contribution in [0.5, 0.6) is 0 Å². The van der Waals surface area contributed by atoms with Gasteiger partial charge in [-0.15, -0.1) is 11.3 Å². The molecule has 124 valence electrons. The third kappa shape index (κ3) is 3.38. The van der Waals surface area contributed by atoms with Gasteiger partial charge in [0.2, 0.25) is 0 Å². The summed E-state index contributed by atoms with van der Waals surface area (Å²) in [5.41, 5.74) is 4.54. The quantitative estimate of drug-likeness (QED) is 0.788. The first-order valence-corrected chi connectivity index (χ1v) is 8.65. The van der Waals surface area contributed by atoms with Gasteiger partial charge in [0.1, 0.15) is 5.01 Å². The van der Waals surface area contributed by atoms with Crippen LogP contribution in [0.3, 0.4) is 0 Å². The Labute approximate surface area is 145 Å². The molecule has 0 fully saturated rings. The van der Waals surface area contributed by atoms with Crippen molar-refractivity contribution in [3.63, 3.8) is 0 Å². The third-order valence-corrected chi connectivity index (χ3v) is 4.87. The van der Waals surface area contributed by atoms with Gasteiger partial charge in [-0.25, -0.2) is 4.98 Å². The molecule has 1 aromatic carbocycles. The number of aryl methyl sites for hydroxylation is 3. The maximum absolute atomic E-state index is 12.6. The van der Waals surface area contributed by atoms with Gasteiger partial charge in [0.05, 0.1) is 11.7 Å². The van der Waals surface area contributed by atoms with Crippen LogP contribution in [-0.2, 0) is 7.05 Å². The van der Waals surface area contributed by atoms with E-state index in [0.29, 0.717) is 5.56 Å². The fraction of sp³-hybridized carbons (Fsp3) is 0.278. The van der Waals surface area contributed by atoms with E-state index in [9.17, 15) is 4.79 Å². The highest BCUT2D eigenvalue weighted by Crippen LogP contribution is 2.24. The van der Waals surface area contributed by atoms with Gasteiger partial charge in [-0.3, -0.25) is 9.48 Å². The lowest BCUT2D eigenvalue weighted by molar-refractivity contribution is 0.0940. The number of thiazole rings is 1. The average Bonchev–Trinajstić information content (AvgIpc) is 3.12. The Morgan fingerprint density at radius 1 is 1.33 bits per heavy atom. The summed E-state index contributed by atoms with van der Waals surface area (Å²) in [6, 6.07) is 7.47. The molecule has 24 heavy (non-hydrogen) atoms. The number of hydrogen-bond donors (Lipinski definition) is 1. The summed E-state index contributed by atoms with van der Waals surface area (Å²) in [6.07, 6.45) is 1.94. The number of amides is 1. The van der Waals surface area contributed by atoms with Gasteiger partial charge in [-0.1, -0.05) is 12.1 Å². The highest BCUT2D eigenvalue weighted by Gasteiger charge is 2.16. The minimum Gasteiger partial charge on any atom is -0.345 e. The van der Waals surface area contributed by atoms with Gasteiger partial charge < -0.3 is 5.32 Å². The minimum absolute atomic E-state index is 0.0964. The molecule has 1 amide bonds. The average molecular weight is 340 g/mol. The van der Waals surface area contributed by atoms with E-state index in [1.165, 1.54) is 0 Å². The van der Waals surface area contributed by atoms with E-state index < -0.39 is 0 Å². The molecule has 0 bridgehead atoms. The first-order valence-electron chi connectivity index (χ1n) is 7.77. The monoisotopic (exact) mass is 340 g/mol. The zero-order valence-electron chi connectivity index (χ0n) is 14.2.